The maximum absolute atomic E-state index is 12.3. The Hall–Kier alpha value is -2.42. The van der Waals surface area contributed by atoms with E-state index in [9.17, 15) is 9.59 Å². The Morgan fingerprint density at radius 2 is 1.68 bits per heavy atom. The highest BCUT2D eigenvalue weighted by atomic mass is 16.1. The number of anilines is 1. The molecule has 0 saturated heterocycles. The molecule has 0 fully saturated rings. The van der Waals surface area contributed by atoms with Crippen molar-refractivity contribution in [3.63, 3.8) is 0 Å². The van der Waals surface area contributed by atoms with Crippen LogP contribution in [-0.4, -0.2) is 26.2 Å². The molecular formula is C16H15NO2. The van der Waals surface area contributed by atoms with E-state index in [1.54, 1.807) is 36.4 Å². The van der Waals surface area contributed by atoms with Crippen LogP contribution in [0.25, 0.3) is 0 Å². The van der Waals surface area contributed by atoms with Crippen LogP contribution in [0.3, 0.4) is 0 Å². The van der Waals surface area contributed by atoms with Gasteiger partial charge in [0.15, 0.2) is 5.78 Å². The van der Waals surface area contributed by atoms with E-state index in [2.05, 4.69) is 0 Å². The Morgan fingerprint density at radius 1 is 1.00 bits per heavy atom. The minimum absolute atomic E-state index is 0.0750. The van der Waals surface area contributed by atoms with Crippen molar-refractivity contribution in [1.29, 1.82) is 0 Å². The molecule has 2 aromatic rings. The summed E-state index contributed by atoms with van der Waals surface area (Å²) in [5, 5.41) is 0. The minimum atomic E-state index is -0.0750. The van der Waals surface area contributed by atoms with E-state index in [0.717, 1.165) is 12.0 Å². The number of benzene rings is 2. The van der Waals surface area contributed by atoms with Gasteiger partial charge in [0.1, 0.15) is 6.29 Å². The molecule has 0 atom stereocenters. The van der Waals surface area contributed by atoms with Gasteiger partial charge in [-0.2, -0.15) is 0 Å². The van der Waals surface area contributed by atoms with Crippen LogP contribution in [0.2, 0.25) is 0 Å². The molecule has 0 saturated carbocycles. The maximum Gasteiger partial charge on any atom is 0.193 e. The second-order valence-electron chi connectivity index (χ2n) is 4.51. The van der Waals surface area contributed by atoms with E-state index in [1.165, 1.54) is 0 Å². The van der Waals surface area contributed by atoms with E-state index >= 15 is 0 Å². The predicted octanol–water partition coefficient (Wildman–Crippen LogP) is 2.80. The van der Waals surface area contributed by atoms with E-state index in [4.69, 9.17) is 0 Å². The topological polar surface area (TPSA) is 37.4 Å². The average molecular weight is 253 g/mol. The average Bonchev–Trinajstić information content (AvgIpc) is 2.46. The lowest BCUT2D eigenvalue weighted by molar-refractivity contribution is 0.103. The third-order valence-electron chi connectivity index (χ3n) is 2.93. The first-order chi connectivity index (χ1) is 9.11. The first-order valence-corrected chi connectivity index (χ1v) is 5.99. The molecule has 0 bridgehead atoms. The lowest BCUT2D eigenvalue weighted by Crippen LogP contribution is -2.09. The van der Waals surface area contributed by atoms with Crippen molar-refractivity contribution >= 4 is 17.8 Å². The van der Waals surface area contributed by atoms with Gasteiger partial charge in [0, 0.05) is 36.5 Å². The second kappa shape index (κ2) is 5.48. The molecule has 0 unspecified atom stereocenters. The molecule has 0 aliphatic carbocycles. The monoisotopic (exact) mass is 253 g/mol. The van der Waals surface area contributed by atoms with Gasteiger partial charge in [-0.05, 0) is 30.3 Å². The van der Waals surface area contributed by atoms with E-state index < -0.39 is 0 Å². The van der Waals surface area contributed by atoms with Gasteiger partial charge >= 0.3 is 0 Å². The molecule has 0 spiro atoms. The number of nitrogens with zero attached hydrogens (tertiary/aromatic N) is 1. The van der Waals surface area contributed by atoms with E-state index in [-0.39, 0.29) is 5.78 Å². The zero-order chi connectivity index (χ0) is 13.8. The van der Waals surface area contributed by atoms with Gasteiger partial charge in [0.05, 0.1) is 0 Å². The third kappa shape index (κ3) is 2.88. The van der Waals surface area contributed by atoms with Gasteiger partial charge in [0.25, 0.3) is 0 Å². The highest BCUT2D eigenvalue weighted by molar-refractivity contribution is 6.09. The highest BCUT2D eigenvalue weighted by Gasteiger charge is 2.09. The Balaban J connectivity index is 2.30. The molecule has 0 aromatic heterocycles. The molecule has 0 amide bonds. The van der Waals surface area contributed by atoms with Gasteiger partial charge < -0.3 is 4.90 Å². The molecule has 2 aromatic carbocycles. The van der Waals surface area contributed by atoms with Crippen LogP contribution in [0.5, 0.6) is 0 Å². The van der Waals surface area contributed by atoms with Gasteiger partial charge in [0.2, 0.25) is 0 Å². The molecular weight excluding hydrogens is 238 g/mol. The Bertz CT molecular complexity index is 600. The molecule has 2 rings (SSSR count). The number of ketones is 1. The van der Waals surface area contributed by atoms with Gasteiger partial charge in [-0.15, -0.1) is 0 Å². The predicted molar refractivity (Wildman–Crippen MR) is 76.0 cm³/mol. The summed E-state index contributed by atoms with van der Waals surface area (Å²) in [4.78, 5) is 25.0. The Kier molecular flexibility index (Phi) is 3.76. The summed E-state index contributed by atoms with van der Waals surface area (Å²) in [6.07, 6.45) is 0.742. The van der Waals surface area contributed by atoms with Crippen molar-refractivity contribution in [3.05, 3.63) is 65.2 Å². The second-order valence-corrected chi connectivity index (χ2v) is 4.51. The summed E-state index contributed by atoms with van der Waals surface area (Å²) in [5.74, 6) is -0.0750. The molecule has 3 heteroatoms. The standard InChI is InChI=1S/C16H15NO2/c1-17(2)15-8-6-13(7-9-15)16(19)14-5-3-4-12(10-14)11-18/h3-11H,1-2H3. The van der Waals surface area contributed by atoms with Crippen molar-refractivity contribution in [2.24, 2.45) is 0 Å². The summed E-state index contributed by atoms with van der Waals surface area (Å²) in [5.41, 5.74) is 2.70. The van der Waals surface area contributed by atoms with Gasteiger partial charge in [-0.25, -0.2) is 0 Å². The van der Waals surface area contributed by atoms with Gasteiger partial charge in [-0.3, -0.25) is 9.59 Å². The van der Waals surface area contributed by atoms with Crippen molar-refractivity contribution in [1.82, 2.24) is 0 Å². The van der Waals surface area contributed by atoms with Crippen LogP contribution >= 0.6 is 0 Å². The highest BCUT2D eigenvalue weighted by Crippen LogP contribution is 2.16. The quantitative estimate of drug-likeness (QED) is 0.621. The summed E-state index contributed by atoms with van der Waals surface area (Å²) < 4.78 is 0. The van der Waals surface area contributed by atoms with E-state index in [0.29, 0.717) is 16.7 Å². The van der Waals surface area contributed by atoms with Crippen LogP contribution in [0.4, 0.5) is 5.69 Å². The number of hydrogen-bond donors (Lipinski definition) is 0. The van der Waals surface area contributed by atoms with Crippen LogP contribution in [-0.2, 0) is 0 Å². The zero-order valence-electron chi connectivity index (χ0n) is 11.0. The Morgan fingerprint density at radius 3 is 2.26 bits per heavy atom. The first-order valence-electron chi connectivity index (χ1n) is 5.99. The molecule has 0 aliphatic rings. The van der Waals surface area contributed by atoms with Crippen molar-refractivity contribution < 1.29 is 9.59 Å². The molecule has 3 nitrogen and oxygen atoms in total. The smallest absolute Gasteiger partial charge is 0.193 e. The molecule has 0 aliphatic heterocycles. The molecule has 0 N–H and O–H groups in total. The summed E-state index contributed by atoms with van der Waals surface area (Å²) in [7, 11) is 3.90. The molecule has 0 heterocycles. The van der Waals surface area contributed by atoms with Crippen LogP contribution < -0.4 is 4.90 Å². The van der Waals surface area contributed by atoms with Crippen LogP contribution in [0, 0.1) is 0 Å². The third-order valence-corrected chi connectivity index (χ3v) is 2.93. The zero-order valence-corrected chi connectivity index (χ0v) is 11.0. The van der Waals surface area contributed by atoms with Crippen molar-refractivity contribution in [2.45, 2.75) is 0 Å². The first kappa shape index (κ1) is 13.0. The van der Waals surface area contributed by atoms with Crippen LogP contribution in [0.1, 0.15) is 26.3 Å². The summed E-state index contributed by atoms with van der Waals surface area (Å²) in [6, 6.07) is 14.1. The lowest BCUT2D eigenvalue weighted by Gasteiger charge is -2.12. The lowest BCUT2D eigenvalue weighted by atomic mass is 10.0. The summed E-state index contributed by atoms with van der Waals surface area (Å²) >= 11 is 0. The van der Waals surface area contributed by atoms with Crippen molar-refractivity contribution in [2.75, 3.05) is 19.0 Å². The number of carbonyl (C=O) groups excluding carboxylic acids is 2. The number of carbonyl (C=O) groups is 2. The van der Waals surface area contributed by atoms with Crippen LogP contribution in [0.15, 0.2) is 48.5 Å². The normalized spacial score (nSPS) is 10.0. The number of aldehydes is 1. The fraction of sp³-hybridized carbons (Fsp3) is 0.125. The molecule has 0 radical (unpaired) electrons. The Labute approximate surface area is 112 Å². The maximum atomic E-state index is 12.3. The van der Waals surface area contributed by atoms with Gasteiger partial charge in [-0.1, -0.05) is 18.2 Å². The largest absolute Gasteiger partial charge is 0.378 e. The number of hydrogen-bond acceptors (Lipinski definition) is 3. The SMILES string of the molecule is CN(C)c1ccc(C(=O)c2cccc(C=O)c2)cc1. The minimum Gasteiger partial charge on any atom is -0.378 e. The number of rotatable bonds is 4. The molecule has 96 valence electrons. The van der Waals surface area contributed by atoms with E-state index in [1.807, 2.05) is 31.1 Å². The molecule has 19 heavy (non-hydrogen) atoms. The van der Waals surface area contributed by atoms with Crippen molar-refractivity contribution in [3.8, 4) is 0 Å². The summed E-state index contributed by atoms with van der Waals surface area (Å²) in [6.45, 7) is 0. The fourth-order valence-electron chi connectivity index (χ4n) is 1.83. The fourth-order valence-corrected chi connectivity index (χ4v) is 1.83.